The van der Waals surface area contributed by atoms with Gasteiger partial charge in [-0.3, -0.25) is 4.68 Å². The van der Waals surface area contributed by atoms with Gasteiger partial charge in [-0.1, -0.05) is 17.7 Å². The summed E-state index contributed by atoms with van der Waals surface area (Å²) in [5, 5.41) is 13.7. The van der Waals surface area contributed by atoms with Crippen molar-refractivity contribution in [2.75, 3.05) is 0 Å². The standard InChI is InChI=1S/C12H14ClN3O/c13-11-7-10(4-5-12(11)17)3-1-2-6-16-9-14-8-15-16/h4-5,7-9,17H,1-3,6H2. The molecular weight excluding hydrogens is 238 g/mol. The summed E-state index contributed by atoms with van der Waals surface area (Å²) in [6.07, 6.45) is 6.31. The second-order valence-corrected chi connectivity index (χ2v) is 4.31. The van der Waals surface area contributed by atoms with Crippen LogP contribution in [-0.2, 0) is 13.0 Å². The number of halogens is 1. The molecule has 1 aromatic heterocycles. The van der Waals surface area contributed by atoms with Gasteiger partial charge in [-0.2, -0.15) is 5.10 Å². The van der Waals surface area contributed by atoms with Gasteiger partial charge in [0.1, 0.15) is 18.4 Å². The normalized spacial score (nSPS) is 10.6. The average Bonchev–Trinajstić information content (AvgIpc) is 2.82. The molecule has 0 radical (unpaired) electrons. The zero-order valence-corrected chi connectivity index (χ0v) is 10.1. The Hall–Kier alpha value is -1.55. The summed E-state index contributed by atoms with van der Waals surface area (Å²) in [4.78, 5) is 3.89. The lowest BCUT2D eigenvalue weighted by atomic mass is 10.1. The van der Waals surface area contributed by atoms with E-state index >= 15 is 0 Å². The van der Waals surface area contributed by atoms with Gasteiger partial charge in [0.2, 0.25) is 0 Å². The fourth-order valence-corrected chi connectivity index (χ4v) is 1.86. The summed E-state index contributed by atoms with van der Waals surface area (Å²) in [5.74, 6) is 0.137. The maximum absolute atomic E-state index is 9.29. The maximum Gasteiger partial charge on any atom is 0.137 e. The van der Waals surface area contributed by atoms with Gasteiger partial charge >= 0.3 is 0 Å². The third-order valence-corrected chi connectivity index (χ3v) is 2.88. The Morgan fingerprint density at radius 2 is 2.18 bits per heavy atom. The van der Waals surface area contributed by atoms with Crippen molar-refractivity contribution >= 4 is 11.6 Å². The van der Waals surface area contributed by atoms with Crippen LogP contribution in [0.25, 0.3) is 0 Å². The zero-order valence-electron chi connectivity index (χ0n) is 9.38. The number of aromatic nitrogens is 3. The number of unbranched alkanes of at least 4 members (excludes halogenated alkanes) is 1. The molecule has 1 N–H and O–H groups in total. The SMILES string of the molecule is Oc1ccc(CCCCn2cncn2)cc1Cl. The van der Waals surface area contributed by atoms with E-state index in [1.165, 1.54) is 0 Å². The predicted molar refractivity (Wildman–Crippen MR) is 66.1 cm³/mol. The van der Waals surface area contributed by atoms with E-state index in [0.717, 1.165) is 31.4 Å². The molecule has 0 aliphatic heterocycles. The minimum Gasteiger partial charge on any atom is -0.506 e. The van der Waals surface area contributed by atoms with Gasteiger partial charge in [-0.25, -0.2) is 4.98 Å². The Balaban J connectivity index is 1.76. The molecule has 0 bridgehead atoms. The Morgan fingerprint density at radius 1 is 1.29 bits per heavy atom. The van der Waals surface area contributed by atoms with Crippen LogP contribution >= 0.6 is 11.6 Å². The lowest BCUT2D eigenvalue weighted by Gasteiger charge is -2.03. The molecule has 90 valence electrons. The first kappa shape index (κ1) is 11.9. The van der Waals surface area contributed by atoms with E-state index in [9.17, 15) is 5.11 Å². The summed E-state index contributed by atoms with van der Waals surface area (Å²) in [6, 6.07) is 5.35. The van der Waals surface area contributed by atoms with Crippen LogP contribution in [0.5, 0.6) is 5.75 Å². The van der Waals surface area contributed by atoms with E-state index in [0.29, 0.717) is 5.02 Å². The Bertz CT molecular complexity index is 471. The third-order valence-electron chi connectivity index (χ3n) is 2.58. The molecule has 17 heavy (non-hydrogen) atoms. The molecule has 0 aliphatic rings. The molecule has 0 spiro atoms. The van der Waals surface area contributed by atoms with Crippen molar-refractivity contribution in [3.8, 4) is 5.75 Å². The van der Waals surface area contributed by atoms with Gasteiger partial charge in [0, 0.05) is 6.54 Å². The highest BCUT2D eigenvalue weighted by atomic mass is 35.5. The molecule has 0 fully saturated rings. The summed E-state index contributed by atoms with van der Waals surface area (Å²) in [7, 11) is 0. The largest absolute Gasteiger partial charge is 0.506 e. The van der Waals surface area contributed by atoms with Gasteiger partial charge in [0.05, 0.1) is 5.02 Å². The minimum absolute atomic E-state index is 0.137. The fraction of sp³-hybridized carbons (Fsp3) is 0.333. The van der Waals surface area contributed by atoms with Crippen LogP contribution in [0.4, 0.5) is 0 Å². The highest BCUT2D eigenvalue weighted by Crippen LogP contribution is 2.24. The van der Waals surface area contributed by atoms with E-state index < -0.39 is 0 Å². The molecule has 2 rings (SSSR count). The highest BCUT2D eigenvalue weighted by molar-refractivity contribution is 6.32. The third kappa shape index (κ3) is 3.46. The van der Waals surface area contributed by atoms with E-state index in [-0.39, 0.29) is 5.75 Å². The Labute approximate surface area is 105 Å². The second kappa shape index (κ2) is 5.68. The molecule has 0 unspecified atom stereocenters. The molecular formula is C12H14ClN3O. The number of rotatable bonds is 5. The highest BCUT2D eigenvalue weighted by Gasteiger charge is 2.00. The van der Waals surface area contributed by atoms with Gasteiger partial charge in [-0.05, 0) is 37.0 Å². The molecule has 0 aliphatic carbocycles. The Kier molecular flexibility index (Phi) is 3.98. The summed E-state index contributed by atoms with van der Waals surface area (Å²) in [5.41, 5.74) is 1.14. The monoisotopic (exact) mass is 251 g/mol. The van der Waals surface area contributed by atoms with Crippen LogP contribution in [0.1, 0.15) is 18.4 Å². The average molecular weight is 252 g/mol. The molecule has 1 heterocycles. The van der Waals surface area contributed by atoms with E-state index in [1.807, 2.05) is 16.8 Å². The fourth-order valence-electron chi connectivity index (χ4n) is 1.66. The van der Waals surface area contributed by atoms with E-state index in [4.69, 9.17) is 11.6 Å². The number of phenols is 1. The topological polar surface area (TPSA) is 50.9 Å². The quantitative estimate of drug-likeness (QED) is 0.832. The number of phenolic OH excluding ortho intramolecular Hbond substituents is 1. The lowest BCUT2D eigenvalue weighted by molar-refractivity contribution is 0.475. The summed E-state index contributed by atoms with van der Waals surface area (Å²) >= 11 is 5.84. The molecule has 0 saturated carbocycles. The number of aryl methyl sites for hydroxylation is 2. The van der Waals surface area contributed by atoms with Crippen molar-refractivity contribution in [1.29, 1.82) is 0 Å². The van der Waals surface area contributed by atoms with Gasteiger partial charge < -0.3 is 5.11 Å². The molecule has 2 aromatic rings. The van der Waals surface area contributed by atoms with Crippen LogP contribution in [0.3, 0.4) is 0 Å². The first-order valence-electron chi connectivity index (χ1n) is 5.55. The molecule has 4 nitrogen and oxygen atoms in total. The van der Waals surface area contributed by atoms with E-state index in [2.05, 4.69) is 10.1 Å². The molecule has 0 saturated heterocycles. The maximum atomic E-state index is 9.29. The van der Waals surface area contributed by atoms with Crippen LogP contribution in [0.2, 0.25) is 5.02 Å². The van der Waals surface area contributed by atoms with Crippen molar-refractivity contribution in [1.82, 2.24) is 14.8 Å². The molecule has 5 heteroatoms. The van der Waals surface area contributed by atoms with Crippen molar-refractivity contribution in [3.63, 3.8) is 0 Å². The zero-order chi connectivity index (χ0) is 12.1. The number of hydrogen-bond donors (Lipinski definition) is 1. The number of aromatic hydroxyl groups is 1. The van der Waals surface area contributed by atoms with Crippen LogP contribution in [0, 0.1) is 0 Å². The summed E-state index contributed by atoms with van der Waals surface area (Å²) in [6.45, 7) is 0.881. The van der Waals surface area contributed by atoms with Gasteiger partial charge in [0.15, 0.2) is 0 Å². The second-order valence-electron chi connectivity index (χ2n) is 3.90. The number of benzene rings is 1. The minimum atomic E-state index is 0.137. The van der Waals surface area contributed by atoms with Crippen molar-refractivity contribution in [2.24, 2.45) is 0 Å². The van der Waals surface area contributed by atoms with Crippen LogP contribution in [-0.4, -0.2) is 19.9 Å². The first-order valence-corrected chi connectivity index (χ1v) is 5.93. The lowest BCUT2D eigenvalue weighted by Crippen LogP contribution is -1.98. The summed E-state index contributed by atoms with van der Waals surface area (Å²) < 4.78 is 1.82. The van der Waals surface area contributed by atoms with Gasteiger partial charge in [0.25, 0.3) is 0 Å². The molecule has 0 atom stereocenters. The van der Waals surface area contributed by atoms with E-state index in [1.54, 1.807) is 18.7 Å². The molecule has 1 aromatic carbocycles. The number of nitrogens with zero attached hydrogens (tertiary/aromatic N) is 3. The van der Waals surface area contributed by atoms with Crippen molar-refractivity contribution in [3.05, 3.63) is 41.4 Å². The molecule has 0 amide bonds. The van der Waals surface area contributed by atoms with Crippen molar-refractivity contribution in [2.45, 2.75) is 25.8 Å². The number of hydrogen-bond acceptors (Lipinski definition) is 3. The smallest absolute Gasteiger partial charge is 0.137 e. The Morgan fingerprint density at radius 3 is 2.88 bits per heavy atom. The van der Waals surface area contributed by atoms with Crippen LogP contribution < -0.4 is 0 Å². The van der Waals surface area contributed by atoms with Crippen LogP contribution in [0.15, 0.2) is 30.9 Å². The van der Waals surface area contributed by atoms with Gasteiger partial charge in [-0.15, -0.1) is 0 Å². The first-order chi connectivity index (χ1) is 8.25. The van der Waals surface area contributed by atoms with Crippen molar-refractivity contribution < 1.29 is 5.11 Å². The predicted octanol–water partition coefficient (Wildman–Crippen LogP) is 2.66.